The number of hydrogen-bond acceptors (Lipinski definition) is 10. The molecule has 0 N–H and O–H groups in total. The molecule has 1 amide bonds. The third-order valence-corrected chi connectivity index (χ3v) is 5.04. The fourth-order valence-corrected chi connectivity index (χ4v) is 3.57. The molecule has 0 bridgehead atoms. The predicted molar refractivity (Wildman–Crippen MR) is 103 cm³/mol. The summed E-state index contributed by atoms with van der Waals surface area (Å²) >= 11 is 1.06. The normalized spacial score (nSPS) is 17.5. The van der Waals surface area contributed by atoms with Crippen LogP contribution in [0.3, 0.4) is 0 Å². The van der Waals surface area contributed by atoms with Gasteiger partial charge < -0.3 is 18.8 Å². The minimum Gasteiger partial charge on any atom is -0.469 e. The molecule has 1 unspecified atom stereocenters. The molecule has 1 atom stereocenters. The standard InChI is InChI=1S/C17H22N4O7S/c1-5-27-12(23)8-21-9-18-14(13(21)16(25)28-6-2)19-17-20(3)15(24)10(29-17)7-11(22)26-4/h9-10H,5-8H2,1-4H3. The SMILES string of the molecule is CCOC(=O)Cn1cnc(N=C2SC(CC(=O)OC)C(=O)N2C)c1C(=O)OCC. The third-order valence-electron chi connectivity index (χ3n) is 3.81. The van der Waals surface area contributed by atoms with Gasteiger partial charge in [0.15, 0.2) is 16.7 Å². The molecule has 1 aliphatic heterocycles. The number of thioether (sulfide) groups is 1. The number of hydrogen-bond donors (Lipinski definition) is 0. The molecule has 1 aromatic rings. The average Bonchev–Trinajstić information content (AvgIpc) is 3.18. The molecule has 1 aromatic heterocycles. The number of aliphatic imine (C=N–C) groups is 1. The average molecular weight is 426 g/mol. The highest BCUT2D eigenvalue weighted by atomic mass is 32.2. The lowest BCUT2D eigenvalue weighted by Gasteiger charge is -2.09. The zero-order valence-corrected chi connectivity index (χ0v) is 17.4. The highest BCUT2D eigenvalue weighted by Gasteiger charge is 2.38. The molecular formula is C17H22N4O7S. The van der Waals surface area contributed by atoms with Crippen LogP contribution in [0.2, 0.25) is 0 Å². The van der Waals surface area contributed by atoms with Gasteiger partial charge in [0.05, 0.1) is 33.1 Å². The van der Waals surface area contributed by atoms with E-state index < -0.39 is 23.2 Å². The van der Waals surface area contributed by atoms with Crippen LogP contribution in [0.15, 0.2) is 11.3 Å². The monoisotopic (exact) mass is 426 g/mol. The number of amides is 1. The van der Waals surface area contributed by atoms with Gasteiger partial charge in [-0.1, -0.05) is 11.8 Å². The highest BCUT2D eigenvalue weighted by molar-refractivity contribution is 8.15. The zero-order chi connectivity index (χ0) is 21.6. The molecule has 0 saturated carbocycles. The van der Waals surface area contributed by atoms with E-state index in [0.717, 1.165) is 11.8 Å². The highest BCUT2D eigenvalue weighted by Crippen LogP contribution is 2.31. The summed E-state index contributed by atoms with van der Waals surface area (Å²) in [5.74, 6) is -2.10. The van der Waals surface area contributed by atoms with E-state index >= 15 is 0 Å². The van der Waals surface area contributed by atoms with Crippen molar-refractivity contribution in [1.82, 2.24) is 14.5 Å². The van der Waals surface area contributed by atoms with Crippen LogP contribution in [0.4, 0.5) is 5.82 Å². The maximum atomic E-state index is 12.4. The van der Waals surface area contributed by atoms with Crippen molar-refractivity contribution in [1.29, 1.82) is 0 Å². The quantitative estimate of drug-likeness (QED) is 0.436. The van der Waals surface area contributed by atoms with Crippen LogP contribution in [-0.4, -0.2) is 76.1 Å². The van der Waals surface area contributed by atoms with Crippen LogP contribution in [0, 0.1) is 0 Å². The summed E-state index contributed by atoms with van der Waals surface area (Å²) in [4.78, 5) is 57.7. The van der Waals surface area contributed by atoms with E-state index in [9.17, 15) is 19.2 Å². The second-order valence-corrected chi connectivity index (χ2v) is 6.92. The molecular weight excluding hydrogens is 404 g/mol. The van der Waals surface area contributed by atoms with E-state index in [1.165, 1.54) is 30.0 Å². The number of nitrogens with zero attached hydrogens (tertiary/aromatic N) is 4. The van der Waals surface area contributed by atoms with Crippen molar-refractivity contribution in [3.05, 3.63) is 12.0 Å². The molecule has 0 radical (unpaired) electrons. The molecule has 29 heavy (non-hydrogen) atoms. The smallest absolute Gasteiger partial charge is 0.358 e. The molecule has 0 spiro atoms. The van der Waals surface area contributed by atoms with Gasteiger partial charge in [-0.2, -0.15) is 0 Å². The first-order valence-corrected chi connectivity index (χ1v) is 9.67. The number of carbonyl (C=O) groups excluding carboxylic acids is 4. The molecule has 11 nitrogen and oxygen atoms in total. The number of ether oxygens (including phenoxy) is 3. The summed E-state index contributed by atoms with van der Waals surface area (Å²) in [6, 6.07) is 0. The summed E-state index contributed by atoms with van der Waals surface area (Å²) < 4.78 is 15.8. The summed E-state index contributed by atoms with van der Waals surface area (Å²) in [6.07, 6.45) is 1.17. The lowest BCUT2D eigenvalue weighted by molar-refractivity contribution is -0.144. The van der Waals surface area contributed by atoms with E-state index in [-0.39, 0.29) is 48.8 Å². The molecule has 1 aliphatic rings. The molecule has 1 saturated heterocycles. The summed E-state index contributed by atoms with van der Waals surface area (Å²) in [5.41, 5.74) is -0.0368. The Morgan fingerprint density at radius 3 is 2.52 bits per heavy atom. The summed E-state index contributed by atoms with van der Waals surface area (Å²) in [5, 5.41) is -0.422. The van der Waals surface area contributed by atoms with Crippen LogP contribution < -0.4 is 0 Å². The number of carbonyl (C=O) groups is 4. The number of amidine groups is 1. The molecule has 2 heterocycles. The summed E-state index contributed by atoms with van der Waals surface area (Å²) in [6.45, 7) is 3.39. The lowest BCUT2D eigenvalue weighted by atomic mass is 10.3. The van der Waals surface area contributed by atoms with Gasteiger partial charge in [-0.3, -0.25) is 19.3 Å². The summed E-state index contributed by atoms with van der Waals surface area (Å²) in [7, 11) is 2.75. The first-order chi connectivity index (χ1) is 13.8. The van der Waals surface area contributed by atoms with Gasteiger partial charge in [-0.15, -0.1) is 0 Å². The molecule has 1 fully saturated rings. The molecule has 0 aromatic carbocycles. The Labute approximate surface area is 171 Å². The first-order valence-electron chi connectivity index (χ1n) is 8.79. The van der Waals surface area contributed by atoms with E-state index in [1.807, 2.05) is 0 Å². The number of rotatable bonds is 8. The van der Waals surface area contributed by atoms with Gasteiger partial charge >= 0.3 is 17.9 Å². The molecule has 12 heteroatoms. The number of imidazole rings is 1. The Morgan fingerprint density at radius 2 is 1.90 bits per heavy atom. The van der Waals surface area contributed by atoms with Crippen LogP contribution in [0.1, 0.15) is 30.8 Å². The van der Waals surface area contributed by atoms with E-state index in [0.29, 0.717) is 0 Å². The number of methoxy groups -OCH3 is 1. The maximum Gasteiger partial charge on any atom is 0.358 e. The van der Waals surface area contributed by atoms with E-state index in [2.05, 4.69) is 14.7 Å². The third kappa shape index (κ3) is 5.34. The van der Waals surface area contributed by atoms with Gasteiger partial charge in [0, 0.05) is 7.05 Å². The van der Waals surface area contributed by atoms with Crippen LogP contribution in [0.5, 0.6) is 0 Å². The fraction of sp³-hybridized carbons (Fsp3) is 0.529. The van der Waals surface area contributed by atoms with Crippen molar-refractivity contribution >= 4 is 46.6 Å². The minimum absolute atomic E-state index is 0.00591. The van der Waals surface area contributed by atoms with Crippen molar-refractivity contribution < 1.29 is 33.4 Å². The Hall–Kier alpha value is -2.89. The minimum atomic E-state index is -0.711. The molecule has 0 aliphatic carbocycles. The Kier molecular flexibility index (Phi) is 7.76. The predicted octanol–water partition coefficient (Wildman–Crippen LogP) is 0.747. The van der Waals surface area contributed by atoms with E-state index in [4.69, 9.17) is 9.47 Å². The van der Waals surface area contributed by atoms with Crippen LogP contribution in [0.25, 0.3) is 0 Å². The molecule has 2 rings (SSSR count). The maximum absolute atomic E-state index is 12.4. The Bertz CT molecular complexity index is 836. The van der Waals surface area contributed by atoms with Crippen molar-refractivity contribution in [2.75, 3.05) is 27.4 Å². The van der Waals surface area contributed by atoms with Crippen LogP contribution >= 0.6 is 11.8 Å². The van der Waals surface area contributed by atoms with Gasteiger partial charge in [0.1, 0.15) is 11.8 Å². The Balaban J connectivity index is 2.34. The van der Waals surface area contributed by atoms with Crippen molar-refractivity contribution in [2.24, 2.45) is 4.99 Å². The largest absolute Gasteiger partial charge is 0.469 e. The van der Waals surface area contributed by atoms with Gasteiger partial charge in [0.2, 0.25) is 5.91 Å². The fourth-order valence-electron chi connectivity index (χ4n) is 2.45. The Morgan fingerprint density at radius 1 is 1.21 bits per heavy atom. The molecule has 158 valence electrons. The second-order valence-electron chi connectivity index (χ2n) is 5.75. The van der Waals surface area contributed by atoms with Crippen molar-refractivity contribution in [3.63, 3.8) is 0 Å². The van der Waals surface area contributed by atoms with E-state index in [1.54, 1.807) is 13.8 Å². The number of aromatic nitrogens is 2. The van der Waals surface area contributed by atoms with Gasteiger partial charge in [-0.25, -0.2) is 14.8 Å². The van der Waals surface area contributed by atoms with Gasteiger partial charge in [0.25, 0.3) is 0 Å². The van der Waals surface area contributed by atoms with Crippen molar-refractivity contribution in [3.8, 4) is 0 Å². The van der Waals surface area contributed by atoms with Crippen molar-refractivity contribution in [2.45, 2.75) is 32.1 Å². The zero-order valence-electron chi connectivity index (χ0n) is 16.5. The van der Waals surface area contributed by atoms with Crippen LogP contribution in [-0.2, 0) is 35.1 Å². The second kappa shape index (κ2) is 10.0. The first kappa shape index (κ1) is 22.4. The lowest BCUT2D eigenvalue weighted by Crippen LogP contribution is -2.29. The van der Waals surface area contributed by atoms with Gasteiger partial charge in [-0.05, 0) is 13.8 Å². The number of esters is 3. The topological polar surface area (TPSA) is 129 Å².